The summed E-state index contributed by atoms with van der Waals surface area (Å²) in [7, 11) is 1.74. The topological polar surface area (TPSA) is 12.5 Å². The number of halogens is 1. The van der Waals surface area contributed by atoms with Gasteiger partial charge in [0.05, 0.1) is 6.61 Å². The molecule has 0 aliphatic heterocycles. The summed E-state index contributed by atoms with van der Waals surface area (Å²) in [5, 5.41) is 0. The van der Waals surface area contributed by atoms with Crippen molar-refractivity contribution in [3.05, 3.63) is 0 Å². The summed E-state index contributed by atoms with van der Waals surface area (Å²) in [5.41, 5.74) is 0. The van der Waals surface area contributed by atoms with Gasteiger partial charge in [0.25, 0.3) is 0 Å². The van der Waals surface area contributed by atoms with E-state index in [2.05, 4.69) is 4.90 Å². The lowest BCUT2D eigenvalue weighted by molar-refractivity contribution is 0.147. The van der Waals surface area contributed by atoms with Crippen LogP contribution in [0.2, 0.25) is 0 Å². The second-order valence-electron chi connectivity index (χ2n) is 2.95. The van der Waals surface area contributed by atoms with Crippen LogP contribution in [-0.4, -0.2) is 43.6 Å². The van der Waals surface area contributed by atoms with Crippen LogP contribution >= 0.6 is 11.6 Å². The maximum atomic E-state index is 5.66. The summed E-state index contributed by atoms with van der Waals surface area (Å²) < 4.78 is 5.01. The van der Waals surface area contributed by atoms with Gasteiger partial charge in [0.2, 0.25) is 0 Å². The molecule has 0 bridgehead atoms. The van der Waals surface area contributed by atoms with Gasteiger partial charge in [0.1, 0.15) is 0 Å². The van der Waals surface area contributed by atoms with Gasteiger partial charge in [-0.2, -0.15) is 0 Å². The van der Waals surface area contributed by atoms with Crippen molar-refractivity contribution in [2.24, 2.45) is 0 Å². The van der Waals surface area contributed by atoms with Gasteiger partial charge in [-0.15, -0.1) is 11.6 Å². The first kappa shape index (κ1) is 9.30. The van der Waals surface area contributed by atoms with E-state index in [-0.39, 0.29) is 0 Å². The van der Waals surface area contributed by atoms with Crippen molar-refractivity contribution in [1.29, 1.82) is 0 Å². The third-order valence-electron chi connectivity index (χ3n) is 2.02. The van der Waals surface area contributed by atoms with Crippen LogP contribution in [-0.2, 0) is 4.74 Å². The van der Waals surface area contributed by atoms with Crippen molar-refractivity contribution in [3.8, 4) is 0 Å². The van der Waals surface area contributed by atoms with Crippen LogP contribution < -0.4 is 0 Å². The van der Waals surface area contributed by atoms with Crippen LogP contribution in [0.1, 0.15) is 12.8 Å². The van der Waals surface area contributed by atoms with Gasteiger partial charge in [-0.3, -0.25) is 4.90 Å². The Balaban J connectivity index is 2.10. The lowest BCUT2D eigenvalue weighted by atomic mass is 10.4. The van der Waals surface area contributed by atoms with E-state index >= 15 is 0 Å². The van der Waals surface area contributed by atoms with Gasteiger partial charge in [-0.25, -0.2) is 0 Å². The maximum absolute atomic E-state index is 5.66. The van der Waals surface area contributed by atoms with E-state index in [4.69, 9.17) is 16.3 Å². The first-order valence-corrected chi connectivity index (χ1v) is 4.71. The SMILES string of the molecule is COCCN(CCCl)C1CC1. The second-order valence-corrected chi connectivity index (χ2v) is 3.33. The summed E-state index contributed by atoms with van der Waals surface area (Å²) in [5.74, 6) is 0.736. The molecule has 0 heterocycles. The maximum Gasteiger partial charge on any atom is 0.0589 e. The van der Waals surface area contributed by atoms with Gasteiger partial charge in [-0.05, 0) is 12.8 Å². The smallest absolute Gasteiger partial charge is 0.0589 e. The number of alkyl halides is 1. The fourth-order valence-electron chi connectivity index (χ4n) is 1.23. The molecular formula is C8H16ClNO. The molecule has 0 radical (unpaired) electrons. The Kier molecular flexibility index (Phi) is 4.20. The van der Waals surface area contributed by atoms with Crippen LogP contribution in [0, 0.1) is 0 Å². The molecule has 2 nitrogen and oxygen atoms in total. The van der Waals surface area contributed by atoms with Crippen molar-refractivity contribution in [2.75, 3.05) is 32.7 Å². The summed E-state index contributed by atoms with van der Waals surface area (Å²) in [6.45, 7) is 2.87. The molecular weight excluding hydrogens is 162 g/mol. The average Bonchev–Trinajstić information content (AvgIpc) is 2.80. The Hall–Kier alpha value is 0.210. The van der Waals surface area contributed by atoms with E-state index in [0.717, 1.165) is 31.6 Å². The zero-order valence-corrected chi connectivity index (χ0v) is 7.81. The lowest BCUT2D eigenvalue weighted by Crippen LogP contribution is -2.31. The number of nitrogens with zero attached hydrogens (tertiary/aromatic N) is 1. The molecule has 0 aromatic rings. The highest BCUT2D eigenvalue weighted by atomic mass is 35.5. The number of ether oxygens (including phenoxy) is 1. The van der Waals surface area contributed by atoms with Gasteiger partial charge in [0.15, 0.2) is 0 Å². The van der Waals surface area contributed by atoms with Crippen molar-refractivity contribution in [1.82, 2.24) is 4.90 Å². The summed E-state index contributed by atoms with van der Waals surface area (Å²) >= 11 is 5.66. The van der Waals surface area contributed by atoms with Crippen molar-refractivity contribution in [3.63, 3.8) is 0 Å². The molecule has 3 heteroatoms. The summed E-state index contributed by atoms with van der Waals surface area (Å²) in [6, 6.07) is 0.809. The normalized spacial score (nSPS) is 17.7. The van der Waals surface area contributed by atoms with Crippen LogP contribution in [0.3, 0.4) is 0 Å². The van der Waals surface area contributed by atoms with Crippen molar-refractivity contribution < 1.29 is 4.74 Å². The molecule has 1 fully saturated rings. The zero-order chi connectivity index (χ0) is 8.10. The second kappa shape index (κ2) is 4.96. The Labute approximate surface area is 73.5 Å². The molecule has 0 aromatic carbocycles. The Morgan fingerprint density at radius 1 is 1.45 bits per heavy atom. The molecule has 0 amide bonds. The molecule has 1 rings (SSSR count). The molecule has 1 aliphatic carbocycles. The number of hydrogen-bond donors (Lipinski definition) is 0. The van der Waals surface area contributed by atoms with E-state index < -0.39 is 0 Å². The van der Waals surface area contributed by atoms with Crippen LogP contribution in [0.15, 0.2) is 0 Å². The predicted molar refractivity (Wildman–Crippen MR) is 47.2 cm³/mol. The molecule has 0 unspecified atom stereocenters. The summed E-state index contributed by atoms with van der Waals surface area (Å²) in [6.07, 6.45) is 2.70. The largest absolute Gasteiger partial charge is 0.383 e. The minimum atomic E-state index is 0.736. The minimum absolute atomic E-state index is 0.736. The van der Waals surface area contributed by atoms with E-state index in [1.165, 1.54) is 12.8 Å². The molecule has 0 aromatic heterocycles. The Morgan fingerprint density at radius 3 is 2.64 bits per heavy atom. The molecule has 0 atom stereocenters. The van der Waals surface area contributed by atoms with Crippen molar-refractivity contribution in [2.45, 2.75) is 18.9 Å². The first-order valence-electron chi connectivity index (χ1n) is 4.17. The fourth-order valence-corrected chi connectivity index (χ4v) is 1.45. The highest BCUT2D eigenvalue weighted by Gasteiger charge is 2.27. The van der Waals surface area contributed by atoms with E-state index in [9.17, 15) is 0 Å². The fraction of sp³-hybridized carbons (Fsp3) is 1.00. The Bertz CT molecular complexity index is 106. The molecule has 11 heavy (non-hydrogen) atoms. The lowest BCUT2D eigenvalue weighted by Gasteiger charge is -2.19. The van der Waals surface area contributed by atoms with Crippen LogP contribution in [0.5, 0.6) is 0 Å². The zero-order valence-electron chi connectivity index (χ0n) is 7.05. The van der Waals surface area contributed by atoms with Crippen LogP contribution in [0.25, 0.3) is 0 Å². The molecule has 1 aliphatic rings. The van der Waals surface area contributed by atoms with Gasteiger partial charge < -0.3 is 4.74 Å². The van der Waals surface area contributed by atoms with Gasteiger partial charge >= 0.3 is 0 Å². The average molecular weight is 178 g/mol. The van der Waals surface area contributed by atoms with Gasteiger partial charge in [-0.1, -0.05) is 0 Å². The molecule has 1 saturated carbocycles. The minimum Gasteiger partial charge on any atom is -0.383 e. The molecule has 0 saturated heterocycles. The summed E-state index contributed by atoms with van der Waals surface area (Å²) in [4.78, 5) is 2.41. The molecule has 0 spiro atoms. The highest BCUT2D eigenvalue weighted by Crippen LogP contribution is 2.26. The number of methoxy groups -OCH3 is 1. The standard InChI is InChI=1S/C8H16ClNO/c1-11-7-6-10(5-4-9)8-2-3-8/h8H,2-7H2,1H3. The van der Waals surface area contributed by atoms with Crippen molar-refractivity contribution >= 4 is 11.6 Å². The quantitative estimate of drug-likeness (QED) is 0.568. The van der Waals surface area contributed by atoms with Crippen LogP contribution in [0.4, 0.5) is 0 Å². The van der Waals surface area contributed by atoms with E-state index in [0.29, 0.717) is 0 Å². The first-order chi connectivity index (χ1) is 5.38. The third-order valence-corrected chi connectivity index (χ3v) is 2.19. The number of hydrogen-bond acceptors (Lipinski definition) is 2. The Morgan fingerprint density at radius 2 is 2.18 bits per heavy atom. The monoisotopic (exact) mass is 177 g/mol. The molecule has 66 valence electrons. The number of rotatable bonds is 6. The van der Waals surface area contributed by atoms with Gasteiger partial charge in [0, 0.05) is 32.1 Å². The third kappa shape index (κ3) is 3.41. The predicted octanol–water partition coefficient (Wildman–Crippen LogP) is 1.34. The van der Waals surface area contributed by atoms with E-state index in [1.807, 2.05) is 0 Å². The van der Waals surface area contributed by atoms with E-state index in [1.54, 1.807) is 7.11 Å². The molecule has 0 N–H and O–H groups in total. The highest BCUT2D eigenvalue weighted by molar-refractivity contribution is 6.18.